The average molecular weight is 274 g/mol. The van der Waals surface area contributed by atoms with Gasteiger partial charge in [-0.05, 0) is 30.9 Å². The molecule has 0 saturated carbocycles. The summed E-state index contributed by atoms with van der Waals surface area (Å²) in [5.41, 5.74) is 3.31. The molecular formula is C14H14N2O2S. The van der Waals surface area contributed by atoms with Gasteiger partial charge in [-0.1, -0.05) is 35.6 Å². The Morgan fingerprint density at radius 3 is 2.53 bits per heavy atom. The van der Waals surface area contributed by atoms with E-state index in [4.69, 9.17) is 5.11 Å². The number of anilines is 1. The molecule has 0 aliphatic heterocycles. The van der Waals surface area contributed by atoms with Gasteiger partial charge in [-0.15, -0.1) is 0 Å². The van der Waals surface area contributed by atoms with E-state index in [0.29, 0.717) is 21.7 Å². The van der Waals surface area contributed by atoms with Gasteiger partial charge in [0.2, 0.25) is 0 Å². The Bertz CT molecular complexity index is 611. The highest BCUT2D eigenvalue weighted by Gasteiger charge is 2.22. The highest BCUT2D eigenvalue weighted by molar-refractivity contribution is 7.17. The Hall–Kier alpha value is -1.88. The molecule has 0 bridgehead atoms. The summed E-state index contributed by atoms with van der Waals surface area (Å²) in [7, 11) is 0. The molecule has 0 atom stereocenters. The number of carboxylic acid groups (broad SMARTS) is 1. The van der Waals surface area contributed by atoms with Crippen molar-refractivity contribution in [2.24, 2.45) is 0 Å². The van der Waals surface area contributed by atoms with Crippen molar-refractivity contribution in [1.29, 1.82) is 0 Å². The zero-order valence-corrected chi connectivity index (χ0v) is 11.3. The summed E-state index contributed by atoms with van der Waals surface area (Å²) in [4.78, 5) is 15.6. The molecule has 19 heavy (non-hydrogen) atoms. The fourth-order valence-corrected chi connectivity index (χ4v) is 3.37. The number of carbonyl (C=O) groups is 1. The molecule has 1 aromatic heterocycles. The van der Waals surface area contributed by atoms with Crippen LogP contribution in [0.4, 0.5) is 5.13 Å². The van der Waals surface area contributed by atoms with Crippen molar-refractivity contribution in [3.63, 3.8) is 0 Å². The van der Waals surface area contributed by atoms with Crippen molar-refractivity contribution in [3.05, 3.63) is 46.0 Å². The van der Waals surface area contributed by atoms with Crippen molar-refractivity contribution < 1.29 is 9.90 Å². The summed E-state index contributed by atoms with van der Waals surface area (Å²) in [6.07, 6.45) is 1.94. The molecule has 0 unspecified atom stereocenters. The minimum Gasteiger partial charge on any atom is -0.477 e. The summed E-state index contributed by atoms with van der Waals surface area (Å²) in [5.74, 6) is -0.905. The minimum atomic E-state index is -0.905. The standard InChI is InChI=1S/C14H14N2O2S/c1-8-12(13(17)18)19-14(15-8)16-11-6-9-4-2-3-5-10(9)7-11/h2-5,11H,6-7H2,1H3,(H,15,16)(H,17,18). The second kappa shape index (κ2) is 4.66. The number of nitrogens with zero attached hydrogens (tertiary/aromatic N) is 1. The summed E-state index contributed by atoms with van der Waals surface area (Å²) >= 11 is 1.21. The number of hydrogen-bond acceptors (Lipinski definition) is 4. The normalized spacial score (nSPS) is 14.4. The summed E-state index contributed by atoms with van der Waals surface area (Å²) in [5, 5.41) is 13.1. The third-order valence-electron chi connectivity index (χ3n) is 3.37. The first kappa shape index (κ1) is 12.2. The monoisotopic (exact) mass is 274 g/mol. The van der Waals surface area contributed by atoms with Gasteiger partial charge in [0.15, 0.2) is 5.13 Å². The van der Waals surface area contributed by atoms with Gasteiger partial charge in [0, 0.05) is 6.04 Å². The van der Waals surface area contributed by atoms with E-state index in [2.05, 4.69) is 34.6 Å². The number of rotatable bonds is 3. The molecule has 1 aliphatic carbocycles. The fraction of sp³-hybridized carbons (Fsp3) is 0.286. The van der Waals surface area contributed by atoms with Crippen molar-refractivity contribution in [3.8, 4) is 0 Å². The van der Waals surface area contributed by atoms with Crippen LogP contribution in [0.5, 0.6) is 0 Å². The van der Waals surface area contributed by atoms with Crippen molar-refractivity contribution in [2.45, 2.75) is 25.8 Å². The van der Waals surface area contributed by atoms with E-state index >= 15 is 0 Å². The van der Waals surface area contributed by atoms with E-state index in [-0.39, 0.29) is 0 Å². The Labute approximate surface area is 115 Å². The van der Waals surface area contributed by atoms with E-state index in [1.54, 1.807) is 6.92 Å². The zero-order chi connectivity index (χ0) is 13.4. The SMILES string of the molecule is Cc1nc(NC2Cc3ccccc3C2)sc1C(=O)O. The number of fused-ring (bicyclic) bond motifs is 1. The molecule has 1 heterocycles. The average Bonchev–Trinajstić information content (AvgIpc) is 2.92. The molecule has 3 rings (SSSR count). The number of nitrogens with one attached hydrogen (secondary N) is 1. The maximum absolute atomic E-state index is 11.0. The molecule has 1 aliphatic rings. The fourth-order valence-electron chi connectivity index (χ4n) is 2.49. The molecule has 0 radical (unpaired) electrons. The lowest BCUT2D eigenvalue weighted by Crippen LogP contribution is -2.19. The van der Waals surface area contributed by atoms with Gasteiger partial charge < -0.3 is 10.4 Å². The van der Waals surface area contributed by atoms with Crippen LogP contribution >= 0.6 is 11.3 Å². The quantitative estimate of drug-likeness (QED) is 0.903. The number of hydrogen-bond donors (Lipinski definition) is 2. The maximum Gasteiger partial charge on any atom is 0.347 e. The number of benzene rings is 1. The van der Waals surface area contributed by atoms with Gasteiger partial charge in [-0.2, -0.15) is 0 Å². The van der Waals surface area contributed by atoms with E-state index in [1.807, 2.05) is 0 Å². The van der Waals surface area contributed by atoms with Crippen LogP contribution in [-0.2, 0) is 12.8 Å². The third-order valence-corrected chi connectivity index (χ3v) is 4.45. The lowest BCUT2D eigenvalue weighted by atomic mass is 10.1. The van der Waals surface area contributed by atoms with Gasteiger partial charge in [0.05, 0.1) is 5.69 Å². The molecule has 0 spiro atoms. The largest absolute Gasteiger partial charge is 0.477 e. The van der Waals surface area contributed by atoms with E-state index in [0.717, 1.165) is 12.8 Å². The topological polar surface area (TPSA) is 62.2 Å². The number of aryl methyl sites for hydroxylation is 1. The predicted octanol–water partition coefficient (Wildman–Crippen LogP) is 2.73. The second-order valence-corrected chi connectivity index (χ2v) is 5.76. The van der Waals surface area contributed by atoms with Crippen LogP contribution < -0.4 is 5.32 Å². The van der Waals surface area contributed by atoms with Crippen LogP contribution in [0.2, 0.25) is 0 Å². The van der Waals surface area contributed by atoms with Crippen LogP contribution in [0.15, 0.2) is 24.3 Å². The summed E-state index contributed by atoms with van der Waals surface area (Å²) in [6.45, 7) is 1.73. The second-order valence-electron chi connectivity index (χ2n) is 4.76. The number of carboxylic acids is 1. The van der Waals surface area contributed by atoms with E-state index in [1.165, 1.54) is 22.5 Å². The van der Waals surface area contributed by atoms with Crippen LogP contribution in [0.1, 0.15) is 26.5 Å². The van der Waals surface area contributed by atoms with E-state index in [9.17, 15) is 4.79 Å². The van der Waals surface area contributed by atoms with Gasteiger partial charge in [-0.25, -0.2) is 9.78 Å². The van der Waals surface area contributed by atoms with E-state index < -0.39 is 5.97 Å². The molecule has 5 heteroatoms. The highest BCUT2D eigenvalue weighted by atomic mass is 32.1. The molecule has 98 valence electrons. The molecule has 1 aromatic carbocycles. The molecule has 0 saturated heterocycles. The Balaban J connectivity index is 1.74. The summed E-state index contributed by atoms with van der Waals surface area (Å²) < 4.78 is 0. The van der Waals surface area contributed by atoms with Gasteiger partial charge in [-0.3, -0.25) is 0 Å². The van der Waals surface area contributed by atoms with Gasteiger partial charge in [0.1, 0.15) is 4.88 Å². The lowest BCUT2D eigenvalue weighted by molar-refractivity contribution is 0.0701. The molecule has 4 nitrogen and oxygen atoms in total. The highest BCUT2D eigenvalue weighted by Crippen LogP contribution is 2.27. The Kier molecular flexibility index (Phi) is 2.98. The van der Waals surface area contributed by atoms with Crippen molar-refractivity contribution >= 4 is 22.4 Å². The first-order valence-corrected chi connectivity index (χ1v) is 6.99. The first-order valence-electron chi connectivity index (χ1n) is 6.17. The van der Waals surface area contributed by atoms with Crippen molar-refractivity contribution in [1.82, 2.24) is 4.98 Å². The van der Waals surface area contributed by atoms with Crippen molar-refractivity contribution in [2.75, 3.05) is 5.32 Å². The number of thiazole rings is 1. The predicted molar refractivity (Wildman–Crippen MR) is 75.1 cm³/mol. The smallest absolute Gasteiger partial charge is 0.347 e. The number of aromatic carboxylic acids is 1. The molecule has 0 fully saturated rings. The molecule has 2 aromatic rings. The van der Waals surface area contributed by atoms with Crippen LogP contribution in [-0.4, -0.2) is 22.1 Å². The van der Waals surface area contributed by atoms with Crippen LogP contribution in [0.25, 0.3) is 0 Å². The zero-order valence-electron chi connectivity index (χ0n) is 10.5. The molecule has 0 amide bonds. The maximum atomic E-state index is 11.0. The first-order chi connectivity index (χ1) is 9.13. The van der Waals surface area contributed by atoms with Gasteiger partial charge in [0.25, 0.3) is 0 Å². The van der Waals surface area contributed by atoms with Crippen LogP contribution in [0, 0.1) is 6.92 Å². The minimum absolute atomic E-state index is 0.310. The third kappa shape index (κ3) is 2.33. The molecular weight excluding hydrogens is 260 g/mol. The summed E-state index contributed by atoms with van der Waals surface area (Å²) in [6, 6.07) is 8.71. The Morgan fingerprint density at radius 1 is 1.37 bits per heavy atom. The van der Waals surface area contributed by atoms with Gasteiger partial charge >= 0.3 is 5.97 Å². The molecule has 2 N–H and O–H groups in total. The number of aromatic nitrogens is 1. The lowest BCUT2D eigenvalue weighted by Gasteiger charge is -2.09. The van der Waals surface area contributed by atoms with Crippen LogP contribution in [0.3, 0.4) is 0 Å². The Morgan fingerprint density at radius 2 is 2.00 bits per heavy atom.